The second-order valence-corrected chi connectivity index (χ2v) is 7.95. The van der Waals surface area contributed by atoms with Gasteiger partial charge in [0.1, 0.15) is 5.25 Å². The van der Waals surface area contributed by atoms with Crippen molar-refractivity contribution in [1.82, 2.24) is 15.1 Å². The summed E-state index contributed by atoms with van der Waals surface area (Å²) in [7, 11) is -3.40. The van der Waals surface area contributed by atoms with Crippen LogP contribution < -0.4 is 5.32 Å². The van der Waals surface area contributed by atoms with E-state index in [1.807, 2.05) is 48.9 Å². The first-order chi connectivity index (χ1) is 10.7. The standard InChI is InChI=1S/C16H21N3O3S/c1-11-15(10-17-16(20)13(3)23(4,21)22)12(2)19(18-11)14-8-6-5-7-9-14/h5-9,13H,10H2,1-4H3,(H,17,20). The van der Waals surface area contributed by atoms with Gasteiger partial charge in [0, 0.05) is 24.1 Å². The van der Waals surface area contributed by atoms with Gasteiger partial charge in [0.25, 0.3) is 0 Å². The molecule has 1 aromatic carbocycles. The van der Waals surface area contributed by atoms with E-state index in [1.165, 1.54) is 6.92 Å². The molecule has 0 saturated heterocycles. The Kier molecular flexibility index (Phi) is 4.89. The average Bonchev–Trinajstić information content (AvgIpc) is 2.79. The smallest absolute Gasteiger partial charge is 0.238 e. The minimum absolute atomic E-state index is 0.253. The number of aromatic nitrogens is 2. The quantitative estimate of drug-likeness (QED) is 0.899. The molecule has 1 heterocycles. The number of nitrogens with one attached hydrogen (secondary N) is 1. The molecule has 0 spiro atoms. The van der Waals surface area contributed by atoms with Crippen molar-refractivity contribution in [2.24, 2.45) is 0 Å². The summed E-state index contributed by atoms with van der Waals surface area (Å²) >= 11 is 0. The average molecular weight is 335 g/mol. The molecule has 7 heteroatoms. The molecule has 6 nitrogen and oxygen atoms in total. The van der Waals surface area contributed by atoms with Gasteiger partial charge >= 0.3 is 0 Å². The molecule has 23 heavy (non-hydrogen) atoms. The number of nitrogens with zero attached hydrogens (tertiary/aromatic N) is 2. The van der Waals surface area contributed by atoms with Gasteiger partial charge in [-0.15, -0.1) is 0 Å². The summed E-state index contributed by atoms with van der Waals surface area (Å²) in [6, 6.07) is 9.70. The van der Waals surface area contributed by atoms with Gasteiger partial charge in [0.2, 0.25) is 5.91 Å². The van der Waals surface area contributed by atoms with Crippen LogP contribution in [0.5, 0.6) is 0 Å². The first-order valence-electron chi connectivity index (χ1n) is 7.29. The van der Waals surface area contributed by atoms with Crippen molar-refractivity contribution in [3.8, 4) is 5.69 Å². The molecule has 0 aliphatic rings. The van der Waals surface area contributed by atoms with E-state index in [4.69, 9.17) is 0 Å². The number of hydrogen-bond acceptors (Lipinski definition) is 4. The Bertz CT molecular complexity index is 811. The molecule has 0 radical (unpaired) electrons. The molecule has 0 aliphatic carbocycles. The molecule has 1 amide bonds. The Labute approximate surface area is 136 Å². The number of carbonyl (C=O) groups excluding carboxylic acids is 1. The fourth-order valence-electron chi connectivity index (χ4n) is 2.27. The summed E-state index contributed by atoms with van der Waals surface area (Å²) in [6.45, 7) is 5.43. The van der Waals surface area contributed by atoms with Crippen LogP contribution in [0.4, 0.5) is 0 Å². The number of para-hydroxylation sites is 1. The van der Waals surface area contributed by atoms with E-state index in [2.05, 4.69) is 10.4 Å². The van der Waals surface area contributed by atoms with Crippen molar-refractivity contribution in [3.05, 3.63) is 47.3 Å². The second kappa shape index (κ2) is 6.54. The fraction of sp³-hybridized carbons (Fsp3) is 0.375. The van der Waals surface area contributed by atoms with Gasteiger partial charge in [-0.2, -0.15) is 5.10 Å². The van der Waals surface area contributed by atoms with Crippen molar-refractivity contribution in [2.75, 3.05) is 6.26 Å². The third-order valence-electron chi connectivity index (χ3n) is 3.89. The molecule has 1 N–H and O–H groups in total. The highest BCUT2D eigenvalue weighted by atomic mass is 32.2. The zero-order valence-corrected chi connectivity index (χ0v) is 14.5. The summed E-state index contributed by atoms with van der Waals surface area (Å²) in [4.78, 5) is 11.9. The van der Waals surface area contributed by atoms with E-state index in [1.54, 1.807) is 0 Å². The van der Waals surface area contributed by atoms with E-state index >= 15 is 0 Å². The molecule has 0 fully saturated rings. The lowest BCUT2D eigenvalue weighted by Crippen LogP contribution is -2.37. The number of aryl methyl sites for hydroxylation is 1. The molecule has 0 aliphatic heterocycles. The molecule has 0 saturated carbocycles. The topological polar surface area (TPSA) is 81.1 Å². The highest BCUT2D eigenvalue weighted by Gasteiger charge is 2.24. The van der Waals surface area contributed by atoms with Crippen molar-refractivity contribution in [1.29, 1.82) is 0 Å². The molecule has 2 rings (SSSR count). The monoisotopic (exact) mass is 335 g/mol. The lowest BCUT2D eigenvalue weighted by Gasteiger charge is -2.11. The van der Waals surface area contributed by atoms with Gasteiger partial charge in [-0.1, -0.05) is 18.2 Å². The Morgan fingerprint density at radius 3 is 2.43 bits per heavy atom. The van der Waals surface area contributed by atoms with Crippen LogP contribution in [0.25, 0.3) is 5.69 Å². The Morgan fingerprint density at radius 2 is 1.87 bits per heavy atom. The summed E-state index contributed by atoms with van der Waals surface area (Å²) < 4.78 is 24.7. The largest absolute Gasteiger partial charge is 0.351 e. The van der Waals surface area contributed by atoms with E-state index in [0.29, 0.717) is 0 Å². The number of benzene rings is 1. The zero-order chi connectivity index (χ0) is 17.2. The lowest BCUT2D eigenvalue weighted by atomic mass is 10.2. The van der Waals surface area contributed by atoms with Gasteiger partial charge in [0.15, 0.2) is 9.84 Å². The second-order valence-electron chi connectivity index (χ2n) is 5.59. The van der Waals surface area contributed by atoms with Crippen LogP contribution in [0.3, 0.4) is 0 Å². The molecule has 1 atom stereocenters. The van der Waals surface area contributed by atoms with Crippen LogP contribution in [0.2, 0.25) is 0 Å². The SMILES string of the molecule is Cc1nn(-c2ccccc2)c(C)c1CNC(=O)C(C)S(C)(=O)=O. The fourth-order valence-corrected chi connectivity index (χ4v) is 2.74. The first-order valence-corrected chi connectivity index (χ1v) is 9.24. The lowest BCUT2D eigenvalue weighted by molar-refractivity contribution is -0.120. The molecule has 1 unspecified atom stereocenters. The molecule has 0 bridgehead atoms. The number of rotatable bonds is 5. The Hall–Kier alpha value is -2.15. The van der Waals surface area contributed by atoms with E-state index in [9.17, 15) is 13.2 Å². The predicted octanol–water partition coefficient (Wildman–Crippen LogP) is 1.54. The van der Waals surface area contributed by atoms with Crippen molar-refractivity contribution in [2.45, 2.75) is 32.6 Å². The third kappa shape index (κ3) is 3.79. The van der Waals surface area contributed by atoms with Gasteiger partial charge in [-0.3, -0.25) is 4.79 Å². The highest BCUT2D eigenvalue weighted by Crippen LogP contribution is 2.17. The molecular weight excluding hydrogens is 314 g/mol. The minimum Gasteiger partial charge on any atom is -0.351 e. The minimum atomic E-state index is -3.40. The van der Waals surface area contributed by atoms with Crippen molar-refractivity contribution >= 4 is 15.7 Å². The maximum absolute atomic E-state index is 11.9. The van der Waals surface area contributed by atoms with Gasteiger partial charge in [-0.25, -0.2) is 13.1 Å². The van der Waals surface area contributed by atoms with Gasteiger partial charge < -0.3 is 5.32 Å². The summed E-state index contributed by atoms with van der Waals surface area (Å²) in [6.07, 6.45) is 1.06. The number of carbonyl (C=O) groups is 1. The predicted molar refractivity (Wildman–Crippen MR) is 89.2 cm³/mol. The number of hydrogen-bond donors (Lipinski definition) is 1. The van der Waals surface area contributed by atoms with Gasteiger partial charge in [-0.05, 0) is 32.9 Å². The summed E-state index contributed by atoms with van der Waals surface area (Å²) in [5.74, 6) is -0.501. The van der Waals surface area contributed by atoms with Crippen molar-refractivity contribution < 1.29 is 13.2 Å². The van der Waals surface area contributed by atoms with Crippen LogP contribution in [0.15, 0.2) is 30.3 Å². The van der Waals surface area contributed by atoms with Gasteiger partial charge in [0.05, 0.1) is 11.4 Å². The summed E-state index contributed by atoms with van der Waals surface area (Å²) in [5, 5.41) is 6.12. The maximum atomic E-state index is 11.9. The van der Waals surface area contributed by atoms with Crippen LogP contribution in [0.1, 0.15) is 23.9 Å². The molecule has 124 valence electrons. The van der Waals surface area contributed by atoms with Crippen LogP contribution in [-0.2, 0) is 21.2 Å². The van der Waals surface area contributed by atoms with Crippen LogP contribution >= 0.6 is 0 Å². The zero-order valence-electron chi connectivity index (χ0n) is 13.7. The maximum Gasteiger partial charge on any atom is 0.238 e. The molecular formula is C16H21N3O3S. The summed E-state index contributed by atoms with van der Waals surface area (Å²) in [5.41, 5.74) is 3.55. The number of amides is 1. The third-order valence-corrected chi connectivity index (χ3v) is 5.39. The van der Waals surface area contributed by atoms with Crippen LogP contribution in [0, 0.1) is 13.8 Å². The molecule has 2 aromatic rings. The Morgan fingerprint density at radius 1 is 1.26 bits per heavy atom. The number of sulfone groups is 1. The Balaban J connectivity index is 2.19. The normalized spacial score (nSPS) is 12.9. The van der Waals surface area contributed by atoms with E-state index in [-0.39, 0.29) is 6.54 Å². The van der Waals surface area contributed by atoms with Crippen molar-refractivity contribution in [3.63, 3.8) is 0 Å². The highest BCUT2D eigenvalue weighted by molar-refractivity contribution is 7.92. The molecule has 1 aromatic heterocycles. The van der Waals surface area contributed by atoms with Crippen LogP contribution in [-0.4, -0.2) is 35.6 Å². The van der Waals surface area contributed by atoms with E-state index in [0.717, 1.165) is 28.9 Å². The first kappa shape index (κ1) is 17.2. The van der Waals surface area contributed by atoms with E-state index < -0.39 is 21.0 Å².